The number of anilines is 1. The number of phenolic OH excluding ortho intramolecular Hbond substituents is 1. The van der Waals surface area contributed by atoms with Crippen molar-refractivity contribution in [3.05, 3.63) is 39.7 Å². The average molecular weight is 542 g/mol. The van der Waals surface area contributed by atoms with Crippen LogP contribution in [0.1, 0.15) is 49.8 Å². The highest BCUT2D eigenvalue weighted by atomic mass is 16.3. The van der Waals surface area contributed by atoms with Crippen molar-refractivity contribution < 1.29 is 34.8 Å². The Morgan fingerprint density at radius 2 is 1.79 bits per heavy atom. The summed E-state index contributed by atoms with van der Waals surface area (Å²) < 4.78 is 0. The first-order valence-corrected chi connectivity index (χ1v) is 13.3. The van der Waals surface area contributed by atoms with Gasteiger partial charge in [-0.3, -0.25) is 19.3 Å². The van der Waals surface area contributed by atoms with E-state index in [1.54, 1.807) is 14.1 Å². The predicted octanol–water partition coefficient (Wildman–Crippen LogP) is 2.01. The quantitative estimate of drug-likeness (QED) is 0.325. The van der Waals surface area contributed by atoms with E-state index in [1.165, 1.54) is 4.90 Å². The van der Waals surface area contributed by atoms with E-state index in [0.717, 1.165) is 18.5 Å². The number of carbonyl (C=O) groups is 3. The Bertz CT molecular complexity index is 1310. The fourth-order valence-electron chi connectivity index (χ4n) is 6.64. The first-order valence-electron chi connectivity index (χ1n) is 13.3. The fourth-order valence-corrected chi connectivity index (χ4v) is 6.64. The van der Waals surface area contributed by atoms with E-state index in [4.69, 9.17) is 5.73 Å². The minimum Gasteiger partial charge on any atom is -0.508 e. The maximum atomic E-state index is 14.0. The number of carbonyl (C=O) groups excluding carboxylic acids is 3. The summed E-state index contributed by atoms with van der Waals surface area (Å²) in [6.45, 7) is 4.24. The molecule has 0 aromatic heterocycles. The molecule has 1 aromatic carbocycles. The van der Waals surface area contributed by atoms with Crippen LogP contribution in [0.3, 0.4) is 0 Å². The minimum atomic E-state index is -2.64. The molecule has 0 unspecified atom stereocenters. The van der Waals surface area contributed by atoms with Gasteiger partial charge in [0.2, 0.25) is 5.78 Å². The second-order valence-electron chi connectivity index (χ2n) is 11.9. The number of fused-ring (bicyclic) bond motifs is 3. The molecule has 1 amide bonds. The van der Waals surface area contributed by atoms with Crippen molar-refractivity contribution in [3.63, 3.8) is 0 Å². The Hall–Kier alpha value is -3.37. The van der Waals surface area contributed by atoms with Crippen LogP contribution in [0.4, 0.5) is 5.69 Å². The lowest BCUT2D eigenvalue weighted by molar-refractivity contribution is -0.153. The molecule has 10 nitrogen and oxygen atoms in total. The Morgan fingerprint density at radius 3 is 2.33 bits per heavy atom. The van der Waals surface area contributed by atoms with Crippen LogP contribution in [-0.4, -0.2) is 82.6 Å². The smallest absolute Gasteiger partial charge is 0.255 e. The zero-order valence-corrected chi connectivity index (χ0v) is 23.4. The van der Waals surface area contributed by atoms with Gasteiger partial charge in [-0.1, -0.05) is 20.3 Å². The molecule has 4 rings (SSSR count). The largest absolute Gasteiger partial charge is 0.508 e. The summed E-state index contributed by atoms with van der Waals surface area (Å²) >= 11 is 0. The zero-order valence-electron chi connectivity index (χ0n) is 23.4. The molecular weight excluding hydrogens is 502 g/mol. The predicted molar refractivity (Wildman–Crippen MR) is 146 cm³/mol. The number of primary amides is 1. The number of aliphatic hydroxyl groups is 3. The summed E-state index contributed by atoms with van der Waals surface area (Å²) in [6, 6.07) is 0.807. The molecular formula is C29H39N3O7. The van der Waals surface area contributed by atoms with Crippen LogP contribution in [0.25, 0.3) is 5.76 Å². The molecule has 1 fully saturated rings. The van der Waals surface area contributed by atoms with Crippen LogP contribution in [-0.2, 0) is 27.2 Å². The van der Waals surface area contributed by atoms with Crippen LogP contribution in [0.2, 0.25) is 0 Å². The number of phenols is 1. The highest BCUT2D eigenvalue weighted by Gasteiger charge is 2.64. The van der Waals surface area contributed by atoms with E-state index in [0.29, 0.717) is 23.5 Å². The van der Waals surface area contributed by atoms with Crippen LogP contribution >= 0.6 is 0 Å². The number of aryl methyl sites for hydroxylation is 1. The van der Waals surface area contributed by atoms with Crippen molar-refractivity contribution in [1.82, 2.24) is 4.90 Å². The van der Waals surface area contributed by atoms with Gasteiger partial charge in [0.05, 0.1) is 11.6 Å². The van der Waals surface area contributed by atoms with Gasteiger partial charge >= 0.3 is 0 Å². The van der Waals surface area contributed by atoms with Crippen LogP contribution in [0.15, 0.2) is 23.0 Å². The summed E-state index contributed by atoms with van der Waals surface area (Å²) in [5.41, 5.74) is 4.02. The van der Waals surface area contributed by atoms with Gasteiger partial charge in [-0.25, -0.2) is 0 Å². The Kier molecular flexibility index (Phi) is 7.33. The molecule has 0 aliphatic heterocycles. The van der Waals surface area contributed by atoms with Crippen molar-refractivity contribution in [2.45, 2.75) is 57.6 Å². The van der Waals surface area contributed by atoms with E-state index in [1.807, 2.05) is 25.1 Å². The van der Waals surface area contributed by atoms with Crippen LogP contribution < -0.4 is 10.6 Å². The lowest BCUT2D eigenvalue weighted by atomic mass is 9.57. The summed E-state index contributed by atoms with van der Waals surface area (Å²) in [5.74, 6) is -5.89. The number of ketones is 2. The molecule has 10 heteroatoms. The monoisotopic (exact) mass is 541 g/mol. The number of aliphatic hydroxyl groups excluding tert-OH is 2. The van der Waals surface area contributed by atoms with E-state index >= 15 is 0 Å². The Balaban J connectivity index is 1.93. The van der Waals surface area contributed by atoms with E-state index in [2.05, 4.69) is 13.8 Å². The summed E-state index contributed by atoms with van der Waals surface area (Å²) in [4.78, 5) is 42.7. The molecule has 1 aromatic rings. The normalized spacial score (nSPS) is 26.6. The third-order valence-corrected chi connectivity index (χ3v) is 8.49. The summed E-state index contributed by atoms with van der Waals surface area (Å²) in [5, 5.41) is 45.6. The minimum absolute atomic E-state index is 0.0650. The second-order valence-corrected chi connectivity index (χ2v) is 11.9. The summed E-state index contributed by atoms with van der Waals surface area (Å²) in [7, 11) is 6.89. The number of amides is 1. The van der Waals surface area contributed by atoms with E-state index in [-0.39, 0.29) is 29.7 Å². The number of rotatable bonds is 7. The van der Waals surface area contributed by atoms with Gasteiger partial charge in [-0.2, -0.15) is 0 Å². The molecule has 0 heterocycles. The lowest BCUT2D eigenvalue weighted by Gasteiger charge is -2.50. The second kappa shape index (κ2) is 9.98. The van der Waals surface area contributed by atoms with Gasteiger partial charge in [0.1, 0.15) is 22.8 Å². The van der Waals surface area contributed by atoms with Gasteiger partial charge in [0, 0.05) is 31.3 Å². The third kappa shape index (κ3) is 4.30. The summed E-state index contributed by atoms with van der Waals surface area (Å²) in [6.07, 6.45) is 2.68. The fraction of sp³-hybridized carbons (Fsp3) is 0.552. The maximum Gasteiger partial charge on any atom is 0.255 e. The molecule has 0 saturated heterocycles. The number of aromatic hydroxyl groups is 1. The van der Waals surface area contributed by atoms with Gasteiger partial charge < -0.3 is 31.1 Å². The highest BCUT2D eigenvalue weighted by molar-refractivity contribution is 6.24. The van der Waals surface area contributed by atoms with E-state index < -0.39 is 58.0 Å². The molecule has 0 bridgehead atoms. The molecule has 1 saturated carbocycles. The maximum absolute atomic E-state index is 14.0. The van der Waals surface area contributed by atoms with Gasteiger partial charge in [0.25, 0.3) is 5.91 Å². The SMILES string of the molecule is CC(C)CCCc1cc(N(C)C)c2c(c1O)C(O)=C1C(=O)[C@]3(O)C(O)=C(C(N)=O)C(=O)[C@H](N(C)C)[C@@H]3C[C@@H]1C2. The molecule has 6 N–H and O–H groups in total. The molecule has 3 aliphatic rings. The number of Topliss-reactive ketones (excluding diaryl/α,β-unsaturated/α-hetero) is 2. The Morgan fingerprint density at radius 1 is 1.15 bits per heavy atom. The molecule has 0 spiro atoms. The topological polar surface area (TPSA) is 165 Å². The number of hydrogen-bond acceptors (Lipinski definition) is 9. The third-order valence-electron chi connectivity index (χ3n) is 8.49. The average Bonchev–Trinajstić information content (AvgIpc) is 2.81. The number of likely N-dealkylation sites (N-methyl/N-ethyl adjacent to an activating group) is 1. The van der Waals surface area contributed by atoms with Gasteiger partial charge in [-0.05, 0) is 68.8 Å². The molecule has 212 valence electrons. The first kappa shape index (κ1) is 28.6. The van der Waals surface area contributed by atoms with Crippen molar-refractivity contribution in [3.8, 4) is 5.75 Å². The van der Waals surface area contributed by atoms with Crippen LogP contribution in [0, 0.1) is 17.8 Å². The van der Waals surface area contributed by atoms with Gasteiger partial charge in [-0.15, -0.1) is 0 Å². The number of nitrogens with two attached hydrogens (primary N) is 1. The van der Waals surface area contributed by atoms with Crippen molar-refractivity contribution >= 4 is 28.9 Å². The van der Waals surface area contributed by atoms with Crippen molar-refractivity contribution in [2.75, 3.05) is 33.1 Å². The highest BCUT2D eigenvalue weighted by Crippen LogP contribution is 2.54. The number of nitrogens with zero attached hydrogens (tertiary/aromatic N) is 2. The number of benzene rings is 1. The van der Waals surface area contributed by atoms with Gasteiger partial charge in [0.15, 0.2) is 11.4 Å². The Labute approximate surface area is 228 Å². The molecule has 3 aliphatic carbocycles. The first-order chi connectivity index (χ1) is 18.1. The molecule has 4 atom stereocenters. The van der Waals surface area contributed by atoms with Crippen molar-refractivity contribution in [2.24, 2.45) is 23.5 Å². The molecule has 0 radical (unpaired) electrons. The lowest BCUT2D eigenvalue weighted by Crippen LogP contribution is -2.65. The van der Waals surface area contributed by atoms with Crippen LogP contribution in [0.5, 0.6) is 5.75 Å². The molecule has 39 heavy (non-hydrogen) atoms. The standard InChI is InChI=1S/C29H39N3O7/c1-13(2)8-7-9-14-12-18(31(3)4)16-10-15-11-17-22(32(5)6)25(35)21(28(30)38)27(37)29(17,39)26(36)19(15)24(34)20(16)23(14)33/h12-13,15,17,22,33-34,37,39H,7-11H2,1-6H3,(H2,30,38)/t15-,17-,22+,29-/m0/s1. The van der Waals surface area contributed by atoms with Crippen molar-refractivity contribution in [1.29, 1.82) is 0 Å². The van der Waals surface area contributed by atoms with E-state index in [9.17, 15) is 34.8 Å². The zero-order chi connectivity index (χ0) is 29.1. The number of hydrogen-bond donors (Lipinski definition) is 5.